The summed E-state index contributed by atoms with van der Waals surface area (Å²) >= 11 is 0. The second-order valence-electron chi connectivity index (χ2n) is 2.05. The van der Waals surface area contributed by atoms with Crippen molar-refractivity contribution in [2.75, 3.05) is 11.1 Å². The van der Waals surface area contributed by atoms with E-state index in [0.29, 0.717) is 11.4 Å². The van der Waals surface area contributed by atoms with Crippen LogP contribution in [0, 0.1) is 0 Å². The summed E-state index contributed by atoms with van der Waals surface area (Å²) in [6.07, 6.45) is -1.07. The van der Waals surface area contributed by atoms with Crippen LogP contribution in [0.3, 0.4) is 0 Å². The molecule has 0 saturated heterocycles. The maximum absolute atomic E-state index is 10.1. The third-order valence-corrected chi connectivity index (χ3v) is 1.16. The van der Waals surface area contributed by atoms with Crippen molar-refractivity contribution in [2.45, 2.75) is 0 Å². The average molecular weight is 189 g/mol. The smallest absolute Gasteiger partial charge is 0.409 e. The molecule has 0 saturated carbocycles. The predicted molar refractivity (Wildman–Crippen MR) is 49.7 cm³/mol. The van der Waals surface area contributed by atoms with Gasteiger partial charge >= 0.3 is 6.09 Å². The summed E-state index contributed by atoms with van der Waals surface area (Å²) in [5, 5.41) is 10.5. The monoisotopic (exact) mass is 188 g/mol. The van der Waals surface area contributed by atoms with Crippen LogP contribution >= 0.6 is 12.4 Å². The lowest BCUT2D eigenvalue weighted by Crippen LogP contribution is -2.06. The number of carbonyl (C=O) groups is 1. The van der Waals surface area contributed by atoms with Gasteiger partial charge in [-0.05, 0) is 24.3 Å². The molecule has 0 radical (unpaired) electrons. The standard InChI is InChI=1S/C7H8N2O2.ClH/c8-5-1-3-6(4-2-5)9-7(10)11;/h1-4,9H,8H2,(H,10,11);1H. The molecule has 0 aliphatic heterocycles. The molecule has 1 aromatic rings. The van der Waals surface area contributed by atoms with E-state index in [9.17, 15) is 4.79 Å². The van der Waals surface area contributed by atoms with Gasteiger partial charge < -0.3 is 10.8 Å². The molecular formula is C7H9ClN2O2. The van der Waals surface area contributed by atoms with E-state index >= 15 is 0 Å². The van der Waals surface area contributed by atoms with Crippen LogP contribution in [0.25, 0.3) is 0 Å². The number of halogens is 1. The van der Waals surface area contributed by atoms with Gasteiger partial charge in [0.15, 0.2) is 0 Å². The number of nitrogens with one attached hydrogen (secondary N) is 1. The van der Waals surface area contributed by atoms with Gasteiger partial charge in [0.2, 0.25) is 0 Å². The van der Waals surface area contributed by atoms with Crippen molar-refractivity contribution < 1.29 is 9.90 Å². The van der Waals surface area contributed by atoms with Gasteiger partial charge in [0.1, 0.15) is 0 Å². The van der Waals surface area contributed by atoms with Crippen LogP contribution in [0.4, 0.5) is 16.2 Å². The van der Waals surface area contributed by atoms with Crippen molar-refractivity contribution in [1.29, 1.82) is 0 Å². The highest BCUT2D eigenvalue weighted by Gasteiger charge is 1.95. The molecule has 1 amide bonds. The molecule has 0 aromatic heterocycles. The molecule has 4 N–H and O–H groups in total. The van der Waals surface area contributed by atoms with Crippen molar-refractivity contribution in [2.24, 2.45) is 0 Å². The molecule has 0 spiro atoms. The zero-order valence-corrected chi connectivity index (χ0v) is 6.97. The largest absolute Gasteiger partial charge is 0.465 e. The van der Waals surface area contributed by atoms with E-state index in [1.54, 1.807) is 24.3 Å². The van der Waals surface area contributed by atoms with Crippen LogP contribution < -0.4 is 11.1 Å². The summed E-state index contributed by atoms with van der Waals surface area (Å²) < 4.78 is 0. The van der Waals surface area contributed by atoms with Crippen LogP contribution in [0.15, 0.2) is 24.3 Å². The van der Waals surface area contributed by atoms with Crippen molar-refractivity contribution in [1.82, 2.24) is 0 Å². The van der Waals surface area contributed by atoms with Gasteiger partial charge in [-0.1, -0.05) is 0 Å². The highest BCUT2D eigenvalue weighted by Crippen LogP contribution is 2.09. The van der Waals surface area contributed by atoms with E-state index in [1.807, 2.05) is 0 Å². The number of nitrogens with two attached hydrogens (primary N) is 1. The average Bonchev–Trinajstić information content (AvgIpc) is 1.93. The Morgan fingerprint density at radius 3 is 2.25 bits per heavy atom. The third-order valence-electron chi connectivity index (χ3n) is 1.16. The lowest BCUT2D eigenvalue weighted by Gasteiger charge is -1.99. The molecule has 0 bridgehead atoms. The van der Waals surface area contributed by atoms with Gasteiger partial charge in [-0.15, -0.1) is 12.4 Å². The number of benzene rings is 1. The second-order valence-corrected chi connectivity index (χ2v) is 2.05. The topological polar surface area (TPSA) is 75.3 Å². The van der Waals surface area contributed by atoms with Gasteiger partial charge in [0.05, 0.1) is 0 Å². The second kappa shape index (κ2) is 4.46. The number of amides is 1. The van der Waals surface area contributed by atoms with E-state index in [4.69, 9.17) is 10.8 Å². The molecule has 12 heavy (non-hydrogen) atoms. The van der Waals surface area contributed by atoms with E-state index in [0.717, 1.165) is 0 Å². The summed E-state index contributed by atoms with van der Waals surface area (Å²) in [6, 6.07) is 6.46. The Morgan fingerprint density at radius 2 is 1.83 bits per heavy atom. The number of nitrogen functional groups attached to an aromatic ring is 1. The maximum Gasteiger partial charge on any atom is 0.409 e. The van der Waals surface area contributed by atoms with E-state index in [-0.39, 0.29) is 12.4 Å². The van der Waals surface area contributed by atoms with Crippen molar-refractivity contribution in [3.05, 3.63) is 24.3 Å². The first kappa shape index (κ1) is 10.6. The summed E-state index contributed by atoms with van der Waals surface area (Å²) in [6.45, 7) is 0. The molecule has 0 fully saturated rings. The van der Waals surface area contributed by atoms with E-state index < -0.39 is 6.09 Å². The molecule has 0 aliphatic carbocycles. The minimum Gasteiger partial charge on any atom is -0.465 e. The number of carboxylic acid groups (broad SMARTS) is 1. The number of hydrogen-bond donors (Lipinski definition) is 3. The van der Waals surface area contributed by atoms with E-state index in [2.05, 4.69) is 5.32 Å². The lowest BCUT2D eigenvalue weighted by molar-refractivity contribution is 0.210. The van der Waals surface area contributed by atoms with Gasteiger partial charge in [-0.2, -0.15) is 0 Å². The first-order chi connectivity index (χ1) is 5.18. The van der Waals surface area contributed by atoms with Gasteiger partial charge in [0.25, 0.3) is 0 Å². The predicted octanol–water partition coefficient (Wildman–Crippen LogP) is 1.78. The number of anilines is 2. The molecule has 5 heteroatoms. The Hall–Kier alpha value is -1.42. The van der Waals surface area contributed by atoms with Crippen molar-refractivity contribution in [3.8, 4) is 0 Å². The minimum absolute atomic E-state index is 0. The molecule has 1 aromatic carbocycles. The molecular weight excluding hydrogens is 180 g/mol. The Balaban J connectivity index is 0.00000121. The molecule has 1 rings (SSSR count). The lowest BCUT2D eigenvalue weighted by atomic mass is 10.3. The fourth-order valence-electron chi connectivity index (χ4n) is 0.690. The zero-order valence-electron chi connectivity index (χ0n) is 6.15. The quantitative estimate of drug-likeness (QED) is 0.588. The Bertz CT molecular complexity index is 261. The molecule has 66 valence electrons. The maximum atomic E-state index is 10.1. The third kappa shape index (κ3) is 3.12. The molecule has 0 unspecified atom stereocenters. The van der Waals surface area contributed by atoms with Crippen LogP contribution in [0.5, 0.6) is 0 Å². The van der Waals surface area contributed by atoms with Gasteiger partial charge in [0, 0.05) is 11.4 Å². The molecule has 0 aliphatic rings. The molecule has 4 nitrogen and oxygen atoms in total. The Morgan fingerprint density at radius 1 is 1.33 bits per heavy atom. The van der Waals surface area contributed by atoms with E-state index in [1.165, 1.54) is 0 Å². The number of hydrogen-bond acceptors (Lipinski definition) is 2. The summed E-state index contributed by atoms with van der Waals surface area (Å²) in [5.74, 6) is 0. The van der Waals surface area contributed by atoms with Crippen LogP contribution in [-0.2, 0) is 0 Å². The highest BCUT2D eigenvalue weighted by molar-refractivity contribution is 5.85. The van der Waals surface area contributed by atoms with Crippen LogP contribution in [0.1, 0.15) is 0 Å². The first-order valence-corrected chi connectivity index (χ1v) is 3.04. The van der Waals surface area contributed by atoms with Crippen LogP contribution in [-0.4, -0.2) is 11.2 Å². The first-order valence-electron chi connectivity index (χ1n) is 3.04. The van der Waals surface area contributed by atoms with Crippen molar-refractivity contribution >= 4 is 29.9 Å². The zero-order chi connectivity index (χ0) is 8.27. The normalized spacial score (nSPS) is 8.33. The summed E-state index contributed by atoms with van der Waals surface area (Å²) in [5.41, 5.74) is 6.51. The Labute approximate surface area is 75.8 Å². The number of rotatable bonds is 1. The van der Waals surface area contributed by atoms with Gasteiger partial charge in [-0.3, -0.25) is 5.32 Å². The summed E-state index contributed by atoms with van der Waals surface area (Å²) in [7, 11) is 0. The SMILES string of the molecule is Cl.Nc1ccc(NC(=O)O)cc1. The van der Waals surface area contributed by atoms with Gasteiger partial charge in [-0.25, -0.2) is 4.79 Å². The fourth-order valence-corrected chi connectivity index (χ4v) is 0.690. The highest BCUT2D eigenvalue weighted by atomic mass is 35.5. The Kier molecular flexibility index (Phi) is 3.93. The summed E-state index contributed by atoms with van der Waals surface area (Å²) in [4.78, 5) is 10.1. The minimum atomic E-state index is -1.07. The molecule has 0 atom stereocenters. The van der Waals surface area contributed by atoms with Crippen LogP contribution in [0.2, 0.25) is 0 Å². The fraction of sp³-hybridized carbons (Fsp3) is 0. The molecule has 0 heterocycles. The van der Waals surface area contributed by atoms with Crippen molar-refractivity contribution in [3.63, 3.8) is 0 Å².